The molecule has 0 saturated carbocycles. The van der Waals surface area contributed by atoms with E-state index in [1.165, 1.54) is 6.20 Å². The van der Waals surface area contributed by atoms with E-state index in [2.05, 4.69) is 25.1 Å². The largest absolute Gasteiger partial charge is 0.388 e. The maximum atomic E-state index is 15.7. The molecule has 1 unspecified atom stereocenters. The molecule has 0 radical (unpaired) electrons. The van der Waals surface area contributed by atoms with Crippen molar-refractivity contribution >= 4 is 50.2 Å². The number of aromatic nitrogens is 2. The van der Waals surface area contributed by atoms with E-state index >= 15 is 8.78 Å². The van der Waals surface area contributed by atoms with Gasteiger partial charge in [-0.15, -0.1) is 0 Å². The fourth-order valence-electron chi connectivity index (χ4n) is 8.96. The molecule has 5 N–H and O–H groups in total. The second-order valence-electron chi connectivity index (χ2n) is 16.4. The summed E-state index contributed by atoms with van der Waals surface area (Å²) in [5.74, 6) is -4.31. The molecule has 2 amide bonds. The number of anilines is 2. The Hall–Kier alpha value is -5.70. The number of rotatable bonds is 12. The maximum Gasteiger partial charge on any atom is 0.301 e. The minimum atomic E-state index is -4.36. The van der Waals surface area contributed by atoms with Gasteiger partial charge in [0.1, 0.15) is 23.9 Å². The number of imide groups is 1. The van der Waals surface area contributed by atoms with Crippen LogP contribution in [0.1, 0.15) is 70.6 Å². The fourth-order valence-corrected chi connectivity index (χ4v) is 10.2. The normalized spacial score (nSPS) is 21.8. The molecule has 6 heterocycles. The molecule has 63 heavy (non-hydrogen) atoms. The number of aromatic amines is 1. The highest BCUT2D eigenvalue weighted by atomic mass is 32.2. The van der Waals surface area contributed by atoms with E-state index in [-0.39, 0.29) is 30.9 Å². The molecular formula is C44H45F3N8O7S. The summed E-state index contributed by atoms with van der Waals surface area (Å²) in [4.78, 5) is 51.3. The van der Waals surface area contributed by atoms with Crippen molar-refractivity contribution < 1.29 is 46.2 Å². The fraction of sp³-hybridized carbons (Fsp3) is 0.364. The number of hydrogen-bond acceptors (Lipinski definition) is 11. The molecule has 3 fully saturated rings. The summed E-state index contributed by atoms with van der Waals surface area (Å²) in [6.45, 7) is 3.61. The van der Waals surface area contributed by atoms with E-state index in [9.17, 15) is 37.4 Å². The zero-order valence-corrected chi connectivity index (χ0v) is 34.8. The summed E-state index contributed by atoms with van der Waals surface area (Å²) < 4.78 is 73.0. The Bertz CT molecular complexity index is 2710. The number of piperazine rings is 1. The van der Waals surface area contributed by atoms with Crippen molar-refractivity contribution in [3.8, 4) is 11.1 Å². The maximum absolute atomic E-state index is 15.7. The second kappa shape index (κ2) is 17.1. The number of nitrogens with one attached hydrogen (secondary N) is 3. The first-order valence-electron chi connectivity index (χ1n) is 20.8. The van der Waals surface area contributed by atoms with Crippen molar-refractivity contribution in [2.45, 2.75) is 56.8 Å². The highest BCUT2D eigenvalue weighted by molar-refractivity contribution is 7.90. The van der Waals surface area contributed by atoms with Gasteiger partial charge in [0.25, 0.3) is 0 Å². The highest BCUT2D eigenvalue weighted by Gasteiger charge is 2.40. The number of hydrogen-bond donors (Lipinski definition) is 5. The van der Waals surface area contributed by atoms with Crippen molar-refractivity contribution in [2.24, 2.45) is 0 Å². The van der Waals surface area contributed by atoms with Crippen LogP contribution in [0.5, 0.6) is 0 Å². The third-order valence-corrected chi connectivity index (χ3v) is 14.0. The molecule has 19 heteroatoms. The smallest absolute Gasteiger partial charge is 0.301 e. The van der Waals surface area contributed by atoms with Gasteiger partial charge in [0.15, 0.2) is 5.82 Å². The van der Waals surface area contributed by atoms with Crippen molar-refractivity contribution in [3.05, 3.63) is 113 Å². The van der Waals surface area contributed by atoms with E-state index in [0.29, 0.717) is 48.1 Å². The number of pyridine rings is 1. The first kappa shape index (κ1) is 42.6. The topological polar surface area (TPSA) is 192 Å². The van der Waals surface area contributed by atoms with Crippen molar-refractivity contribution in [1.29, 1.82) is 0 Å². The SMILES string of the molecule is O=C1CC[C@H](N2Cc3cc([C@H](O)CCN4CCN(c5ccc(-c6cnc7[nH]cc(C(=O)c8c(F)ccc(NS(=O)(=O)N9CC[C@@H](F)C9)c8F)c7c6)cc5)CC4)ccc3C2O)C(=O)N1. The standard InChI is InChI=1S/C44H45F3N8O7S/c45-29-11-14-54(24-29)63(61,62)51-35-8-7-34(46)39(40(35)47)41(58)33-22-49-42-32(33)20-27(21-48-42)25-1-4-30(5-2-25)53-17-15-52(16-18-53)13-12-37(56)26-3-6-31-28(19-26)23-55(44(31)60)36-9-10-38(57)50-43(36)59/h1-8,19-22,29,36-37,44,51,56,60H,9-18,23-24H2,(H,48,49)(H,50,57,59)/t29-,36+,37-,44?/m1/s1. The molecule has 3 saturated heterocycles. The van der Waals surface area contributed by atoms with E-state index in [1.54, 1.807) is 23.2 Å². The number of amides is 2. The number of aliphatic hydroxyl groups is 2. The van der Waals surface area contributed by atoms with Crippen LogP contribution < -0.4 is 14.9 Å². The molecular weight excluding hydrogens is 842 g/mol. The zero-order valence-electron chi connectivity index (χ0n) is 33.9. The summed E-state index contributed by atoms with van der Waals surface area (Å²) in [5, 5.41) is 24.7. The van der Waals surface area contributed by atoms with Crippen LogP contribution in [0.15, 0.2) is 73.1 Å². The Morgan fingerprint density at radius 1 is 0.968 bits per heavy atom. The Morgan fingerprint density at radius 2 is 1.75 bits per heavy atom. The molecule has 3 aromatic carbocycles. The van der Waals surface area contributed by atoms with Gasteiger partial charge in [-0.05, 0) is 71.8 Å². The number of ketones is 1. The van der Waals surface area contributed by atoms with Gasteiger partial charge in [0, 0.05) is 93.4 Å². The lowest BCUT2D eigenvalue weighted by Crippen LogP contribution is -2.51. The van der Waals surface area contributed by atoms with Crippen LogP contribution in [0, 0.1) is 11.6 Å². The molecule has 4 aliphatic rings. The number of fused-ring (bicyclic) bond motifs is 2. The highest BCUT2D eigenvalue weighted by Crippen LogP contribution is 2.37. The van der Waals surface area contributed by atoms with Crippen LogP contribution in [-0.2, 0) is 26.3 Å². The Labute approximate surface area is 360 Å². The minimum absolute atomic E-state index is 0.00403. The molecule has 15 nitrogen and oxygen atoms in total. The first-order chi connectivity index (χ1) is 30.2. The van der Waals surface area contributed by atoms with Gasteiger partial charge in [0.05, 0.1) is 23.4 Å². The molecule has 4 atom stereocenters. The number of alkyl halides is 1. The Morgan fingerprint density at radius 3 is 2.48 bits per heavy atom. The lowest BCUT2D eigenvalue weighted by Gasteiger charge is -2.36. The Kier molecular flexibility index (Phi) is 11.6. The minimum Gasteiger partial charge on any atom is -0.388 e. The molecule has 5 aromatic rings. The van der Waals surface area contributed by atoms with Crippen LogP contribution in [0.4, 0.5) is 24.5 Å². The number of benzene rings is 3. The number of nitrogens with zero attached hydrogens (tertiary/aromatic N) is 5. The van der Waals surface area contributed by atoms with Gasteiger partial charge in [0.2, 0.25) is 17.6 Å². The van der Waals surface area contributed by atoms with Crippen LogP contribution in [-0.4, -0.2) is 118 Å². The van der Waals surface area contributed by atoms with Gasteiger partial charge < -0.3 is 20.1 Å². The summed E-state index contributed by atoms with van der Waals surface area (Å²) >= 11 is 0. The molecule has 330 valence electrons. The predicted molar refractivity (Wildman–Crippen MR) is 226 cm³/mol. The molecule has 2 aromatic heterocycles. The number of aliphatic hydroxyl groups excluding tert-OH is 2. The summed E-state index contributed by atoms with van der Waals surface area (Å²) in [6.07, 6.45) is 0.956. The van der Waals surface area contributed by atoms with Crippen molar-refractivity contribution in [2.75, 3.05) is 55.4 Å². The first-order valence-corrected chi connectivity index (χ1v) is 22.3. The third-order valence-electron chi connectivity index (χ3n) is 12.5. The quantitative estimate of drug-likeness (QED) is 0.0888. The number of carbonyl (C=O) groups excluding carboxylic acids is 3. The Balaban J connectivity index is 0.807. The zero-order chi connectivity index (χ0) is 44.2. The number of carbonyl (C=O) groups is 3. The van der Waals surface area contributed by atoms with Crippen LogP contribution in [0.3, 0.4) is 0 Å². The van der Waals surface area contributed by atoms with E-state index in [1.807, 2.05) is 41.1 Å². The van der Waals surface area contributed by atoms with E-state index in [0.717, 1.165) is 65.0 Å². The lowest BCUT2D eigenvalue weighted by atomic mass is 9.99. The van der Waals surface area contributed by atoms with Gasteiger partial charge in [-0.2, -0.15) is 12.7 Å². The predicted octanol–water partition coefficient (Wildman–Crippen LogP) is 4.30. The number of halogens is 3. The molecule has 9 rings (SSSR count). The monoisotopic (exact) mass is 886 g/mol. The number of H-pyrrole nitrogens is 1. The third kappa shape index (κ3) is 8.43. The average molecular weight is 887 g/mol. The second-order valence-corrected chi connectivity index (χ2v) is 18.1. The van der Waals surface area contributed by atoms with E-state index < -0.39 is 75.9 Å². The van der Waals surface area contributed by atoms with Crippen molar-refractivity contribution in [3.63, 3.8) is 0 Å². The van der Waals surface area contributed by atoms with Gasteiger partial charge >= 0.3 is 10.2 Å². The van der Waals surface area contributed by atoms with Gasteiger partial charge in [-0.3, -0.25) is 34.2 Å². The van der Waals surface area contributed by atoms with Crippen LogP contribution >= 0.6 is 0 Å². The summed E-state index contributed by atoms with van der Waals surface area (Å²) in [7, 11) is -4.36. The lowest BCUT2D eigenvalue weighted by molar-refractivity contribution is -0.141. The molecule has 0 spiro atoms. The summed E-state index contributed by atoms with van der Waals surface area (Å²) in [5.41, 5.74) is 3.38. The number of piperidine rings is 1. The van der Waals surface area contributed by atoms with Gasteiger partial charge in [-0.25, -0.2) is 18.2 Å². The van der Waals surface area contributed by atoms with Crippen LogP contribution in [0.2, 0.25) is 0 Å². The average Bonchev–Trinajstić information content (AvgIpc) is 4.00. The van der Waals surface area contributed by atoms with E-state index in [4.69, 9.17) is 0 Å². The molecule has 0 bridgehead atoms. The van der Waals surface area contributed by atoms with Crippen LogP contribution in [0.25, 0.3) is 22.2 Å². The molecule has 4 aliphatic heterocycles. The van der Waals surface area contributed by atoms with Crippen molar-refractivity contribution in [1.82, 2.24) is 29.4 Å². The summed E-state index contributed by atoms with van der Waals surface area (Å²) in [6, 6.07) is 16.1. The van der Waals surface area contributed by atoms with Gasteiger partial charge in [-0.1, -0.05) is 30.3 Å². The molecule has 0 aliphatic carbocycles.